The Bertz CT molecular complexity index is 1330. The molecule has 0 spiro atoms. The van der Waals surface area contributed by atoms with E-state index in [1.807, 2.05) is 0 Å². The number of nitrogens with zero attached hydrogens (tertiary/aromatic N) is 1. The Labute approximate surface area is 206 Å². The van der Waals surface area contributed by atoms with Crippen LogP contribution in [-0.4, -0.2) is 42.8 Å². The minimum Gasteiger partial charge on any atom is -0.491 e. The number of amides is 1. The molecule has 3 aromatic rings. The lowest BCUT2D eigenvalue weighted by Gasteiger charge is -2.31. The number of aliphatic carboxylic acids is 1. The van der Waals surface area contributed by atoms with Gasteiger partial charge in [-0.2, -0.15) is 0 Å². The van der Waals surface area contributed by atoms with Crippen molar-refractivity contribution in [2.24, 2.45) is 5.92 Å². The number of benzene rings is 2. The molecule has 9 heteroatoms. The minimum atomic E-state index is -0.769. The molecule has 1 aliphatic heterocycles. The molecule has 1 saturated carbocycles. The van der Waals surface area contributed by atoms with Gasteiger partial charge in [0.25, 0.3) is 0 Å². The van der Waals surface area contributed by atoms with Crippen LogP contribution < -0.4 is 15.1 Å². The average molecular weight is 498 g/mol. The van der Waals surface area contributed by atoms with Crippen LogP contribution in [-0.2, 0) is 14.3 Å². The summed E-state index contributed by atoms with van der Waals surface area (Å²) in [6.45, 7) is 1.33. The number of halogens is 1. The molecule has 2 aromatic carbocycles. The Morgan fingerprint density at radius 2 is 1.89 bits per heavy atom. The molecule has 2 fully saturated rings. The molecule has 2 aliphatic rings. The third-order valence-corrected chi connectivity index (χ3v) is 6.72. The first-order valence-electron chi connectivity index (χ1n) is 11.5. The van der Waals surface area contributed by atoms with E-state index in [0.717, 1.165) is 6.42 Å². The zero-order valence-corrected chi connectivity index (χ0v) is 19.6. The van der Waals surface area contributed by atoms with Crippen molar-refractivity contribution in [3.63, 3.8) is 0 Å². The molecule has 0 atom stereocenters. The van der Waals surface area contributed by atoms with Gasteiger partial charge in [0, 0.05) is 30.3 Å². The second kappa shape index (κ2) is 9.71. The fourth-order valence-corrected chi connectivity index (χ4v) is 4.67. The molecule has 0 radical (unpaired) electrons. The van der Waals surface area contributed by atoms with E-state index in [2.05, 4.69) is 0 Å². The third kappa shape index (κ3) is 4.90. The summed E-state index contributed by atoms with van der Waals surface area (Å²) in [6.07, 6.45) is 2.34. The summed E-state index contributed by atoms with van der Waals surface area (Å²) < 4.78 is 17.3. The predicted molar refractivity (Wildman–Crippen MR) is 130 cm³/mol. The highest BCUT2D eigenvalue weighted by atomic mass is 35.5. The van der Waals surface area contributed by atoms with E-state index in [4.69, 9.17) is 30.6 Å². The van der Waals surface area contributed by atoms with Gasteiger partial charge in [-0.1, -0.05) is 11.6 Å². The summed E-state index contributed by atoms with van der Waals surface area (Å²) in [5.41, 5.74) is 1.34. The number of carbonyl (C=O) groups excluding carboxylic acids is 1. The van der Waals surface area contributed by atoms with Gasteiger partial charge in [0.1, 0.15) is 18.1 Å². The number of hydrogen-bond acceptors (Lipinski definition) is 6. The van der Waals surface area contributed by atoms with E-state index < -0.39 is 5.97 Å². The molecule has 182 valence electrons. The van der Waals surface area contributed by atoms with Gasteiger partial charge < -0.3 is 23.9 Å². The van der Waals surface area contributed by atoms with Crippen LogP contribution in [0.15, 0.2) is 51.7 Å². The molecule has 0 bridgehead atoms. The Morgan fingerprint density at radius 3 is 2.57 bits per heavy atom. The lowest BCUT2D eigenvalue weighted by molar-refractivity contribution is -0.151. The van der Waals surface area contributed by atoms with E-state index in [-0.39, 0.29) is 34.0 Å². The van der Waals surface area contributed by atoms with E-state index in [9.17, 15) is 14.4 Å². The smallest absolute Gasteiger partial charge is 0.306 e. The Balaban J connectivity index is 1.24. The zero-order valence-electron chi connectivity index (χ0n) is 18.9. The topological polar surface area (TPSA) is 106 Å². The molecular weight excluding hydrogens is 474 g/mol. The highest BCUT2D eigenvalue weighted by molar-refractivity contribution is 6.35. The van der Waals surface area contributed by atoms with E-state index in [1.54, 1.807) is 41.3 Å². The summed E-state index contributed by atoms with van der Waals surface area (Å²) in [5, 5.41) is 9.50. The van der Waals surface area contributed by atoms with Crippen molar-refractivity contribution in [2.75, 3.05) is 24.7 Å². The minimum absolute atomic E-state index is 0.0170. The van der Waals surface area contributed by atoms with Gasteiger partial charge in [-0.3, -0.25) is 14.4 Å². The van der Waals surface area contributed by atoms with E-state index in [1.165, 1.54) is 6.07 Å². The van der Waals surface area contributed by atoms with Crippen molar-refractivity contribution in [2.45, 2.75) is 31.8 Å². The van der Waals surface area contributed by atoms with Gasteiger partial charge in [-0.05, 0) is 55.7 Å². The maximum atomic E-state index is 12.9. The predicted octanol–water partition coefficient (Wildman–Crippen LogP) is 4.50. The number of hydrogen-bond donors (Lipinski definition) is 1. The summed E-state index contributed by atoms with van der Waals surface area (Å²) in [4.78, 5) is 37.4. The van der Waals surface area contributed by atoms with Crippen molar-refractivity contribution in [3.8, 4) is 17.1 Å². The highest BCUT2D eigenvalue weighted by Crippen LogP contribution is 2.33. The lowest BCUT2D eigenvalue weighted by Crippen LogP contribution is -2.36. The summed E-state index contributed by atoms with van der Waals surface area (Å²) in [6, 6.07) is 11.8. The van der Waals surface area contributed by atoms with Gasteiger partial charge in [-0.15, -0.1) is 0 Å². The number of carboxylic acid groups (broad SMARTS) is 1. The molecule has 1 N–H and O–H groups in total. The fourth-order valence-electron chi connectivity index (χ4n) is 4.41. The molecule has 35 heavy (non-hydrogen) atoms. The third-order valence-electron chi connectivity index (χ3n) is 6.44. The van der Waals surface area contributed by atoms with Crippen LogP contribution >= 0.6 is 11.6 Å². The van der Waals surface area contributed by atoms with Crippen LogP contribution in [0.25, 0.3) is 22.3 Å². The molecule has 0 unspecified atom stereocenters. The molecule has 1 aromatic heterocycles. The molecule has 1 amide bonds. The molecular formula is C26H24ClNO7. The van der Waals surface area contributed by atoms with Crippen LogP contribution in [0.5, 0.6) is 5.75 Å². The number of carbonyl (C=O) groups is 2. The quantitative estimate of drug-likeness (QED) is 0.457. The van der Waals surface area contributed by atoms with Crippen LogP contribution in [0.2, 0.25) is 5.02 Å². The van der Waals surface area contributed by atoms with Crippen molar-refractivity contribution in [3.05, 3.63) is 57.7 Å². The molecule has 1 aliphatic carbocycles. The van der Waals surface area contributed by atoms with Gasteiger partial charge >= 0.3 is 5.97 Å². The van der Waals surface area contributed by atoms with Gasteiger partial charge in [0.15, 0.2) is 11.0 Å². The number of rotatable bonds is 8. The van der Waals surface area contributed by atoms with Crippen molar-refractivity contribution in [1.29, 1.82) is 0 Å². The van der Waals surface area contributed by atoms with Crippen LogP contribution in [0.4, 0.5) is 5.69 Å². The summed E-state index contributed by atoms with van der Waals surface area (Å²) in [5.74, 6) is -0.0354. The standard InChI is InChI=1S/C26H24ClNO7/c27-21-13-17(28-7-1-2-24(28)30)12-20-22(29)14-23(35-25(20)21)15-3-5-18(6-4-15)33-8-9-34-19-10-16(11-19)26(31)32/h3-6,12-14,16,19H,1-2,7-11H2,(H,31,32). The van der Waals surface area contributed by atoms with Crippen molar-refractivity contribution < 1.29 is 28.6 Å². The first-order chi connectivity index (χ1) is 16.9. The largest absolute Gasteiger partial charge is 0.491 e. The van der Waals surface area contributed by atoms with Gasteiger partial charge in [0.2, 0.25) is 5.91 Å². The fraction of sp³-hybridized carbons (Fsp3) is 0.346. The van der Waals surface area contributed by atoms with Crippen molar-refractivity contribution >= 4 is 40.1 Å². The molecule has 1 saturated heterocycles. The van der Waals surface area contributed by atoms with E-state index in [0.29, 0.717) is 67.2 Å². The SMILES string of the molecule is O=C(O)C1CC(OCCOc2ccc(-c3cc(=O)c4cc(N5CCCC5=O)cc(Cl)c4o3)cc2)C1. The summed E-state index contributed by atoms with van der Waals surface area (Å²) >= 11 is 6.44. The zero-order chi connectivity index (χ0) is 24.5. The van der Waals surface area contributed by atoms with Gasteiger partial charge in [0.05, 0.1) is 29.0 Å². The Hall–Kier alpha value is -3.36. The highest BCUT2D eigenvalue weighted by Gasteiger charge is 2.35. The van der Waals surface area contributed by atoms with Crippen molar-refractivity contribution in [1.82, 2.24) is 0 Å². The lowest BCUT2D eigenvalue weighted by atomic mass is 9.82. The summed E-state index contributed by atoms with van der Waals surface area (Å²) in [7, 11) is 0. The maximum Gasteiger partial charge on any atom is 0.306 e. The number of carboxylic acids is 1. The monoisotopic (exact) mass is 497 g/mol. The number of anilines is 1. The maximum absolute atomic E-state index is 12.9. The Kier molecular flexibility index (Phi) is 6.49. The van der Waals surface area contributed by atoms with Crippen LogP contribution in [0.3, 0.4) is 0 Å². The second-order valence-electron chi connectivity index (χ2n) is 8.80. The molecule has 8 nitrogen and oxygen atoms in total. The first kappa shape index (κ1) is 23.4. The Morgan fingerprint density at radius 1 is 1.11 bits per heavy atom. The van der Waals surface area contributed by atoms with Crippen LogP contribution in [0, 0.1) is 5.92 Å². The molecule has 2 heterocycles. The average Bonchev–Trinajstić information content (AvgIpc) is 3.24. The normalized spacial score (nSPS) is 19.7. The van der Waals surface area contributed by atoms with E-state index >= 15 is 0 Å². The van der Waals surface area contributed by atoms with Gasteiger partial charge in [-0.25, -0.2) is 0 Å². The van der Waals surface area contributed by atoms with Crippen LogP contribution in [0.1, 0.15) is 25.7 Å². The number of ether oxygens (including phenoxy) is 2. The first-order valence-corrected chi connectivity index (χ1v) is 11.9. The molecule has 5 rings (SSSR count). The second-order valence-corrected chi connectivity index (χ2v) is 9.21. The number of fused-ring (bicyclic) bond motifs is 1.